The van der Waals surface area contributed by atoms with Crippen LogP contribution >= 0.6 is 11.3 Å². The number of rotatable bonds is 5. The molecule has 3 rings (SSSR count). The van der Waals surface area contributed by atoms with Gasteiger partial charge in [-0.1, -0.05) is 18.2 Å². The van der Waals surface area contributed by atoms with Gasteiger partial charge in [0.2, 0.25) is 0 Å². The van der Waals surface area contributed by atoms with E-state index in [1.165, 1.54) is 10.4 Å². The maximum atomic E-state index is 4.11. The number of thiophene rings is 1. The highest BCUT2D eigenvalue weighted by molar-refractivity contribution is 7.09. The molecule has 0 atom stereocenters. The van der Waals surface area contributed by atoms with Crippen LogP contribution in [-0.4, -0.2) is 14.8 Å². The van der Waals surface area contributed by atoms with E-state index in [1.807, 2.05) is 4.68 Å². The summed E-state index contributed by atoms with van der Waals surface area (Å²) in [6.45, 7) is 1.61. The average molecular weight is 270 g/mol. The molecule has 3 aromatic rings. The first-order valence-corrected chi connectivity index (χ1v) is 6.96. The zero-order chi connectivity index (χ0) is 12.9. The highest BCUT2D eigenvalue weighted by Gasteiger charge is 1.99. The summed E-state index contributed by atoms with van der Waals surface area (Å²) >= 11 is 1.77. The molecular weight excluding hydrogens is 256 g/mol. The van der Waals surface area contributed by atoms with Gasteiger partial charge in [-0.05, 0) is 29.1 Å². The first-order valence-electron chi connectivity index (χ1n) is 6.08. The molecule has 0 saturated heterocycles. The molecule has 0 saturated carbocycles. The van der Waals surface area contributed by atoms with E-state index in [0.717, 1.165) is 18.8 Å². The van der Waals surface area contributed by atoms with Crippen molar-refractivity contribution >= 4 is 17.0 Å². The Kier molecular flexibility index (Phi) is 3.56. The molecule has 5 heteroatoms. The molecule has 1 aromatic carbocycles. The highest BCUT2D eigenvalue weighted by Crippen LogP contribution is 2.15. The summed E-state index contributed by atoms with van der Waals surface area (Å²) in [7, 11) is 0. The molecule has 0 aliphatic carbocycles. The van der Waals surface area contributed by atoms with Crippen molar-refractivity contribution in [2.75, 3.05) is 5.32 Å². The van der Waals surface area contributed by atoms with Gasteiger partial charge in [0.25, 0.3) is 0 Å². The van der Waals surface area contributed by atoms with Crippen molar-refractivity contribution in [3.05, 3.63) is 64.9 Å². The molecule has 0 bridgehead atoms. The molecule has 2 heterocycles. The standard InChI is InChI=1S/C14H14N4S/c1-3-12(9-18-11-15-10-17-18)7-13(4-1)16-8-14-5-2-6-19-14/h1-7,10-11,16H,8-9H2. The molecule has 0 aliphatic rings. The summed E-state index contributed by atoms with van der Waals surface area (Å²) in [5.41, 5.74) is 2.34. The van der Waals surface area contributed by atoms with Gasteiger partial charge in [-0.2, -0.15) is 5.10 Å². The van der Waals surface area contributed by atoms with Crippen molar-refractivity contribution in [2.45, 2.75) is 13.1 Å². The van der Waals surface area contributed by atoms with Gasteiger partial charge in [0.15, 0.2) is 0 Å². The first-order chi connectivity index (χ1) is 9.40. The topological polar surface area (TPSA) is 42.7 Å². The second kappa shape index (κ2) is 5.67. The number of nitrogens with one attached hydrogen (secondary N) is 1. The summed E-state index contributed by atoms with van der Waals surface area (Å²) in [6, 6.07) is 12.6. The smallest absolute Gasteiger partial charge is 0.137 e. The molecule has 0 spiro atoms. The van der Waals surface area contributed by atoms with Crippen molar-refractivity contribution < 1.29 is 0 Å². The Balaban J connectivity index is 1.66. The summed E-state index contributed by atoms with van der Waals surface area (Å²) in [5, 5.41) is 9.64. The van der Waals surface area contributed by atoms with Crippen molar-refractivity contribution in [3.8, 4) is 0 Å². The fourth-order valence-electron chi connectivity index (χ4n) is 1.88. The summed E-state index contributed by atoms with van der Waals surface area (Å²) in [4.78, 5) is 5.28. The Bertz CT molecular complexity index is 617. The van der Waals surface area contributed by atoms with Gasteiger partial charge in [0.1, 0.15) is 12.7 Å². The lowest BCUT2D eigenvalue weighted by atomic mass is 10.2. The minimum Gasteiger partial charge on any atom is -0.380 e. The molecule has 0 fully saturated rings. The largest absolute Gasteiger partial charge is 0.380 e. The van der Waals surface area contributed by atoms with Gasteiger partial charge in [-0.15, -0.1) is 11.3 Å². The molecule has 1 N–H and O–H groups in total. The van der Waals surface area contributed by atoms with Crippen molar-refractivity contribution in [2.24, 2.45) is 0 Å². The number of nitrogens with zero attached hydrogens (tertiary/aromatic N) is 3. The Labute approximate surface area is 115 Å². The van der Waals surface area contributed by atoms with Crippen LogP contribution in [0, 0.1) is 0 Å². The quantitative estimate of drug-likeness (QED) is 0.775. The zero-order valence-corrected chi connectivity index (χ0v) is 11.2. The zero-order valence-electron chi connectivity index (χ0n) is 10.4. The molecule has 0 aliphatic heterocycles. The maximum Gasteiger partial charge on any atom is 0.137 e. The van der Waals surface area contributed by atoms with Crippen LogP contribution < -0.4 is 5.32 Å². The van der Waals surface area contributed by atoms with Gasteiger partial charge in [0, 0.05) is 17.1 Å². The Morgan fingerprint density at radius 3 is 3.00 bits per heavy atom. The third-order valence-electron chi connectivity index (χ3n) is 2.78. The Hall–Kier alpha value is -2.14. The van der Waals surface area contributed by atoms with Crippen LogP contribution in [0.5, 0.6) is 0 Å². The van der Waals surface area contributed by atoms with Crippen LogP contribution in [0.15, 0.2) is 54.4 Å². The fraction of sp³-hybridized carbons (Fsp3) is 0.143. The fourth-order valence-corrected chi connectivity index (χ4v) is 2.53. The second-order valence-electron chi connectivity index (χ2n) is 4.23. The third-order valence-corrected chi connectivity index (χ3v) is 3.66. The SMILES string of the molecule is c1cc(Cn2cncn2)cc(NCc2cccs2)c1. The maximum absolute atomic E-state index is 4.11. The van der Waals surface area contributed by atoms with Gasteiger partial charge < -0.3 is 5.32 Å². The lowest BCUT2D eigenvalue weighted by Crippen LogP contribution is -2.02. The number of anilines is 1. The molecule has 96 valence electrons. The lowest BCUT2D eigenvalue weighted by molar-refractivity contribution is 0.685. The molecule has 0 unspecified atom stereocenters. The van der Waals surface area contributed by atoms with Gasteiger partial charge >= 0.3 is 0 Å². The van der Waals surface area contributed by atoms with E-state index in [-0.39, 0.29) is 0 Å². The average Bonchev–Trinajstić information content (AvgIpc) is 3.10. The van der Waals surface area contributed by atoms with Crippen LogP contribution in [0.2, 0.25) is 0 Å². The van der Waals surface area contributed by atoms with E-state index in [4.69, 9.17) is 0 Å². The molecule has 0 amide bonds. The Morgan fingerprint density at radius 2 is 2.21 bits per heavy atom. The van der Waals surface area contributed by atoms with Crippen molar-refractivity contribution in [1.82, 2.24) is 14.8 Å². The van der Waals surface area contributed by atoms with Crippen molar-refractivity contribution in [3.63, 3.8) is 0 Å². The minimum absolute atomic E-state index is 0.745. The Morgan fingerprint density at radius 1 is 1.21 bits per heavy atom. The summed E-state index contributed by atoms with van der Waals surface area (Å²) in [5.74, 6) is 0. The summed E-state index contributed by atoms with van der Waals surface area (Å²) < 4.78 is 1.82. The minimum atomic E-state index is 0.745. The van der Waals surface area contributed by atoms with Crippen LogP contribution in [0.4, 0.5) is 5.69 Å². The van der Waals surface area contributed by atoms with Crippen LogP contribution in [0.1, 0.15) is 10.4 Å². The molecule has 19 heavy (non-hydrogen) atoms. The second-order valence-corrected chi connectivity index (χ2v) is 5.26. The number of benzene rings is 1. The predicted molar refractivity (Wildman–Crippen MR) is 77.2 cm³/mol. The lowest BCUT2D eigenvalue weighted by Gasteiger charge is -2.07. The number of hydrogen-bond donors (Lipinski definition) is 1. The normalized spacial score (nSPS) is 10.5. The molecule has 4 nitrogen and oxygen atoms in total. The number of hydrogen-bond acceptors (Lipinski definition) is 4. The summed E-state index contributed by atoms with van der Waals surface area (Å²) in [6.07, 6.45) is 3.28. The van der Waals surface area contributed by atoms with E-state index in [2.05, 4.69) is 57.2 Å². The van der Waals surface area contributed by atoms with E-state index >= 15 is 0 Å². The first kappa shape index (κ1) is 11.9. The van der Waals surface area contributed by atoms with E-state index in [1.54, 1.807) is 24.0 Å². The van der Waals surface area contributed by atoms with Gasteiger partial charge in [-0.3, -0.25) is 0 Å². The van der Waals surface area contributed by atoms with Crippen LogP contribution in [0.3, 0.4) is 0 Å². The van der Waals surface area contributed by atoms with E-state index in [0.29, 0.717) is 0 Å². The predicted octanol–water partition coefficient (Wildman–Crippen LogP) is 3.00. The van der Waals surface area contributed by atoms with E-state index in [9.17, 15) is 0 Å². The van der Waals surface area contributed by atoms with Crippen molar-refractivity contribution in [1.29, 1.82) is 0 Å². The highest BCUT2D eigenvalue weighted by atomic mass is 32.1. The molecule has 0 radical (unpaired) electrons. The van der Waals surface area contributed by atoms with E-state index < -0.39 is 0 Å². The molecule has 2 aromatic heterocycles. The monoisotopic (exact) mass is 270 g/mol. The van der Waals surface area contributed by atoms with Crippen LogP contribution in [0.25, 0.3) is 0 Å². The third kappa shape index (κ3) is 3.20. The van der Waals surface area contributed by atoms with Gasteiger partial charge in [0.05, 0.1) is 6.54 Å². The van der Waals surface area contributed by atoms with Crippen LogP contribution in [-0.2, 0) is 13.1 Å². The molecular formula is C14H14N4S. The number of aromatic nitrogens is 3. The van der Waals surface area contributed by atoms with Gasteiger partial charge in [-0.25, -0.2) is 9.67 Å².